The Morgan fingerprint density at radius 2 is 2.19 bits per heavy atom. The standard InChI is InChI=1S/C11H15BrN4/c1-11(2,8-12)15(3)10-9-4-5-14-16(9)7-6-13-10/h4-7H,8H2,1-3H3. The van der Waals surface area contributed by atoms with E-state index in [2.05, 4.69) is 51.8 Å². The number of hydrogen-bond acceptors (Lipinski definition) is 3. The van der Waals surface area contributed by atoms with Crippen LogP contribution in [-0.2, 0) is 0 Å². The summed E-state index contributed by atoms with van der Waals surface area (Å²) in [6, 6.07) is 1.98. The molecule has 0 radical (unpaired) electrons. The van der Waals surface area contributed by atoms with Gasteiger partial charge in [0.2, 0.25) is 0 Å². The number of nitrogens with zero attached hydrogens (tertiary/aromatic N) is 4. The van der Waals surface area contributed by atoms with Gasteiger partial charge in [-0.2, -0.15) is 5.10 Å². The first-order valence-corrected chi connectivity index (χ1v) is 6.26. The van der Waals surface area contributed by atoms with E-state index >= 15 is 0 Å². The molecule has 0 amide bonds. The molecule has 16 heavy (non-hydrogen) atoms. The second-order valence-electron chi connectivity index (χ2n) is 4.42. The van der Waals surface area contributed by atoms with Crippen molar-refractivity contribution in [3.05, 3.63) is 24.7 Å². The lowest BCUT2D eigenvalue weighted by Crippen LogP contribution is -2.43. The van der Waals surface area contributed by atoms with Gasteiger partial charge in [0, 0.05) is 30.3 Å². The van der Waals surface area contributed by atoms with Crippen molar-refractivity contribution >= 4 is 27.3 Å². The van der Waals surface area contributed by atoms with Gasteiger partial charge in [0.1, 0.15) is 5.52 Å². The molecule has 0 aromatic carbocycles. The van der Waals surface area contributed by atoms with Crippen molar-refractivity contribution in [3.63, 3.8) is 0 Å². The zero-order valence-electron chi connectivity index (χ0n) is 9.68. The summed E-state index contributed by atoms with van der Waals surface area (Å²) in [5.41, 5.74) is 1.04. The van der Waals surface area contributed by atoms with Gasteiger partial charge in [-0.15, -0.1) is 0 Å². The minimum absolute atomic E-state index is 0.0130. The molecule has 2 heterocycles. The maximum Gasteiger partial charge on any atom is 0.154 e. The smallest absolute Gasteiger partial charge is 0.154 e. The van der Waals surface area contributed by atoms with Crippen molar-refractivity contribution in [2.45, 2.75) is 19.4 Å². The van der Waals surface area contributed by atoms with Crippen molar-refractivity contribution in [1.29, 1.82) is 0 Å². The van der Waals surface area contributed by atoms with Crippen LogP contribution < -0.4 is 4.90 Å². The number of rotatable bonds is 3. The summed E-state index contributed by atoms with van der Waals surface area (Å²) in [5.74, 6) is 0.949. The lowest BCUT2D eigenvalue weighted by atomic mass is 10.1. The van der Waals surface area contributed by atoms with Crippen LogP contribution in [0.25, 0.3) is 5.52 Å². The summed E-state index contributed by atoms with van der Waals surface area (Å²) in [7, 11) is 2.05. The van der Waals surface area contributed by atoms with Gasteiger partial charge < -0.3 is 4.90 Å². The van der Waals surface area contributed by atoms with Gasteiger partial charge in [0.15, 0.2) is 5.82 Å². The summed E-state index contributed by atoms with van der Waals surface area (Å²) >= 11 is 3.53. The zero-order valence-corrected chi connectivity index (χ0v) is 11.3. The van der Waals surface area contributed by atoms with Gasteiger partial charge in [-0.05, 0) is 19.9 Å². The summed E-state index contributed by atoms with van der Waals surface area (Å²) in [5, 5.41) is 5.09. The van der Waals surface area contributed by atoms with Crippen molar-refractivity contribution in [2.75, 3.05) is 17.3 Å². The molecule has 86 valence electrons. The molecule has 0 aliphatic carbocycles. The molecule has 4 nitrogen and oxygen atoms in total. The van der Waals surface area contributed by atoms with Crippen LogP contribution in [0.15, 0.2) is 24.7 Å². The van der Waals surface area contributed by atoms with E-state index in [-0.39, 0.29) is 5.54 Å². The van der Waals surface area contributed by atoms with Crippen molar-refractivity contribution in [3.8, 4) is 0 Å². The summed E-state index contributed by atoms with van der Waals surface area (Å²) in [6.45, 7) is 4.34. The number of halogens is 1. The third kappa shape index (κ3) is 1.80. The fourth-order valence-corrected chi connectivity index (χ4v) is 1.85. The van der Waals surface area contributed by atoms with E-state index in [0.29, 0.717) is 0 Å². The Labute approximate surface area is 103 Å². The molecule has 5 heteroatoms. The van der Waals surface area contributed by atoms with Crippen LogP contribution in [0.2, 0.25) is 0 Å². The van der Waals surface area contributed by atoms with E-state index < -0.39 is 0 Å². The first-order chi connectivity index (χ1) is 7.56. The molecular weight excluding hydrogens is 268 g/mol. The first kappa shape index (κ1) is 11.4. The van der Waals surface area contributed by atoms with Crippen LogP contribution in [0.1, 0.15) is 13.8 Å². The van der Waals surface area contributed by atoms with Crippen LogP contribution >= 0.6 is 15.9 Å². The average molecular weight is 283 g/mol. The van der Waals surface area contributed by atoms with Gasteiger partial charge >= 0.3 is 0 Å². The SMILES string of the molecule is CN(c1nccn2nccc12)C(C)(C)CBr. The molecule has 0 fully saturated rings. The Kier molecular flexibility index (Phi) is 2.88. The molecule has 0 saturated heterocycles. The van der Waals surface area contributed by atoms with Gasteiger partial charge in [0.05, 0.1) is 6.20 Å². The van der Waals surface area contributed by atoms with Crippen LogP contribution in [0.3, 0.4) is 0 Å². The minimum atomic E-state index is 0.0130. The Morgan fingerprint density at radius 1 is 1.44 bits per heavy atom. The minimum Gasteiger partial charge on any atom is -0.352 e. The molecule has 0 spiro atoms. The quantitative estimate of drug-likeness (QED) is 0.811. The topological polar surface area (TPSA) is 33.4 Å². The summed E-state index contributed by atoms with van der Waals surface area (Å²) < 4.78 is 1.84. The van der Waals surface area contributed by atoms with E-state index in [4.69, 9.17) is 0 Å². The van der Waals surface area contributed by atoms with Gasteiger partial charge in [-0.3, -0.25) is 0 Å². The molecule has 0 saturated carbocycles. The van der Waals surface area contributed by atoms with Gasteiger partial charge in [-0.1, -0.05) is 15.9 Å². The number of aromatic nitrogens is 3. The van der Waals surface area contributed by atoms with Gasteiger partial charge in [-0.25, -0.2) is 9.50 Å². The first-order valence-electron chi connectivity index (χ1n) is 5.14. The number of alkyl halides is 1. The lowest BCUT2D eigenvalue weighted by Gasteiger charge is -2.35. The highest BCUT2D eigenvalue weighted by atomic mass is 79.9. The molecule has 2 rings (SSSR count). The largest absolute Gasteiger partial charge is 0.352 e. The third-order valence-electron chi connectivity index (χ3n) is 2.86. The number of anilines is 1. The molecule has 2 aromatic heterocycles. The molecule has 0 N–H and O–H groups in total. The number of hydrogen-bond donors (Lipinski definition) is 0. The van der Waals surface area contributed by atoms with Crippen molar-refractivity contribution in [1.82, 2.24) is 14.6 Å². The van der Waals surface area contributed by atoms with Crippen molar-refractivity contribution in [2.24, 2.45) is 0 Å². The average Bonchev–Trinajstić information content (AvgIpc) is 2.75. The normalized spacial score (nSPS) is 12.0. The maximum absolute atomic E-state index is 4.44. The van der Waals surface area contributed by atoms with E-state index in [9.17, 15) is 0 Å². The van der Waals surface area contributed by atoms with E-state index in [1.807, 2.05) is 16.8 Å². The highest BCUT2D eigenvalue weighted by Crippen LogP contribution is 2.25. The molecule has 0 unspecified atom stereocenters. The number of fused-ring (bicyclic) bond motifs is 1. The molecule has 2 aromatic rings. The Hall–Kier alpha value is -1.10. The van der Waals surface area contributed by atoms with Crippen molar-refractivity contribution < 1.29 is 0 Å². The third-order valence-corrected chi connectivity index (χ3v) is 4.23. The summed E-state index contributed by atoms with van der Waals surface area (Å²) in [6.07, 6.45) is 5.42. The Balaban J connectivity index is 2.51. The molecule has 0 aliphatic heterocycles. The van der Waals surface area contributed by atoms with Crippen LogP contribution in [-0.4, -0.2) is 32.5 Å². The van der Waals surface area contributed by atoms with E-state index in [1.165, 1.54) is 0 Å². The van der Waals surface area contributed by atoms with Crippen LogP contribution in [0, 0.1) is 0 Å². The Bertz CT molecular complexity index is 491. The fraction of sp³-hybridized carbons (Fsp3) is 0.455. The summed E-state index contributed by atoms with van der Waals surface area (Å²) in [4.78, 5) is 6.60. The van der Waals surface area contributed by atoms with E-state index in [0.717, 1.165) is 16.7 Å². The highest BCUT2D eigenvalue weighted by molar-refractivity contribution is 9.09. The molecular formula is C11H15BrN4. The Morgan fingerprint density at radius 3 is 2.88 bits per heavy atom. The van der Waals surface area contributed by atoms with Crippen LogP contribution in [0.4, 0.5) is 5.82 Å². The molecule has 0 aliphatic rings. The highest BCUT2D eigenvalue weighted by Gasteiger charge is 2.24. The lowest BCUT2D eigenvalue weighted by molar-refractivity contribution is 0.547. The fourth-order valence-electron chi connectivity index (χ4n) is 1.48. The molecule has 0 atom stereocenters. The maximum atomic E-state index is 4.44. The second kappa shape index (κ2) is 4.05. The zero-order chi connectivity index (χ0) is 11.8. The van der Waals surface area contributed by atoms with Gasteiger partial charge in [0.25, 0.3) is 0 Å². The monoisotopic (exact) mass is 282 g/mol. The second-order valence-corrected chi connectivity index (χ2v) is 4.98. The van der Waals surface area contributed by atoms with E-state index in [1.54, 1.807) is 12.4 Å². The predicted molar refractivity (Wildman–Crippen MR) is 69.3 cm³/mol. The predicted octanol–water partition coefficient (Wildman–Crippen LogP) is 2.34. The van der Waals surface area contributed by atoms with Crippen LogP contribution in [0.5, 0.6) is 0 Å². The molecule has 0 bridgehead atoms.